The number of carbonyl (C=O) groups is 1. The van der Waals surface area contributed by atoms with E-state index in [0.717, 1.165) is 5.56 Å². The van der Waals surface area contributed by atoms with Crippen molar-refractivity contribution in [1.29, 1.82) is 0 Å². The molecule has 0 aliphatic carbocycles. The van der Waals surface area contributed by atoms with Crippen molar-refractivity contribution in [3.05, 3.63) is 54.1 Å². The maximum atomic E-state index is 12.0. The van der Waals surface area contributed by atoms with Gasteiger partial charge in [-0.15, -0.1) is 0 Å². The van der Waals surface area contributed by atoms with E-state index in [1.165, 1.54) is 12.1 Å². The van der Waals surface area contributed by atoms with Gasteiger partial charge >= 0.3 is 6.18 Å². The van der Waals surface area contributed by atoms with Crippen LogP contribution in [0.25, 0.3) is 0 Å². The highest BCUT2D eigenvalue weighted by atomic mass is 19.4. The van der Waals surface area contributed by atoms with E-state index in [9.17, 15) is 18.0 Å². The maximum absolute atomic E-state index is 12.0. The molecule has 2 rings (SSSR count). The van der Waals surface area contributed by atoms with Crippen molar-refractivity contribution in [1.82, 2.24) is 14.9 Å². The minimum Gasteiger partial charge on any atom is -0.343 e. The highest BCUT2D eigenvalue weighted by Crippen LogP contribution is 2.13. The van der Waals surface area contributed by atoms with Gasteiger partial charge in [0, 0.05) is 24.5 Å². The number of aromatic nitrogens is 2. The Morgan fingerprint density at radius 3 is 2.50 bits per heavy atom. The molecular weight excluding hydrogens is 271 g/mol. The summed E-state index contributed by atoms with van der Waals surface area (Å²) in [5.74, 6) is -0.739. The van der Waals surface area contributed by atoms with Crippen LogP contribution in [0.4, 0.5) is 13.2 Å². The minimum absolute atomic E-state index is 0.198. The van der Waals surface area contributed by atoms with Gasteiger partial charge < -0.3 is 9.88 Å². The predicted molar refractivity (Wildman–Crippen MR) is 66.2 cm³/mol. The molecule has 0 bridgehead atoms. The number of hydrogen-bond acceptors (Lipinski definition) is 2. The van der Waals surface area contributed by atoms with Crippen molar-refractivity contribution in [2.75, 3.05) is 6.54 Å². The summed E-state index contributed by atoms with van der Waals surface area (Å²) in [6, 6.07) is 6.39. The number of benzene rings is 1. The fourth-order valence-electron chi connectivity index (χ4n) is 1.64. The summed E-state index contributed by atoms with van der Waals surface area (Å²) in [5.41, 5.74) is 1.12. The topological polar surface area (TPSA) is 46.9 Å². The Hall–Kier alpha value is -2.31. The minimum atomic E-state index is -4.41. The fraction of sp³-hybridized carbons (Fsp3) is 0.231. The van der Waals surface area contributed by atoms with Gasteiger partial charge in [0.2, 0.25) is 0 Å². The Morgan fingerprint density at radius 1 is 1.25 bits per heavy atom. The van der Waals surface area contributed by atoms with Gasteiger partial charge in [-0.2, -0.15) is 13.2 Å². The molecule has 20 heavy (non-hydrogen) atoms. The molecule has 0 saturated carbocycles. The van der Waals surface area contributed by atoms with Gasteiger partial charge in [-0.25, -0.2) is 4.98 Å². The molecule has 1 aromatic heterocycles. The number of halogens is 3. The smallest absolute Gasteiger partial charge is 0.343 e. The summed E-state index contributed by atoms with van der Waals surface area (Å²) < 4.78 is 37.8. The van der Waals surface area contributed by atoms with Crippen molar-refractivity contribution in [2.45, 2.75) is 12.7 Å². The number of imidazole rings is 1. The molecule has 1 amide bonds. The van der Waals surface area contributed by atoms with E-state index in [2.05, 4.69) is 4.98 Å². The molecule has 4 nitrogen and oxygen atoms in total. The highest BCUT2D eigenvalue weighted by Gasteiger charge is 2.27. The first-order chi connectivity index (χ1) is 9.44. The Kier molecular flexibility index (Phi) is 4.07. The lowest BCUT2D eigenvalue weighted by Gasteiger charge is -2.09. The molecule has 0 spiro atoms. The quantitative estimate of drug-likeness (QED) is 0.935. The number of carbonyl (C=O) groups excluding carboxylic acids is 1. The third kappa shape index (κ3) is 4.11. The lowest BCUT2D eigenvalue weighted by Crippen LogP contribution is -2.33. The van der Waals surface area contributed by atoms with Crippen LogP contribution in [0.2, 0.25) is 0 Å². The number of rotatable bonds is 4. The molecule has 0 saturated heterocycles. The van der Waals surface area contributed by atoms with E-state index in [0.29, 0.717) is 6.54 Å². The largest absolute Gasteiger partial charge is 0.405 e. The standard InChI is InChI=1S/C13H12F3N3O/c14-13(15,16)8-18-12(20)11-3-1-10(2-4-11)7-19-6-5-17-9-19/h1-6,9H,7-8H2,(H,18,20). The van der Waals surface area contributed by atoms with Crippen LogP contribution in [0, 0.1) is 0 Å². The normalized spacial score (nSPS) is 11.3. The third-order valence-electron chi connectivity index (χ3n) is 2.59. The summed E-state index contributed by atoms with van der Waals surface area (Å²) in [4.78, 5) is 15.4. The first-order valence-corrected chi connectivity index (χ1v) is 5.84. The summed E-state index contributed by atoms with van der Waals surface area (Å²) in [6.07, 6.45) is 0.698. The molecule has 0 fully saturated rings. The first kappa shape index (κ1) is 14.1. The molecule has 1 N–H and O–H groups in total. The number of alkyl halides is 3. The third-order valence-corrected chi connectivity index (χ3v) is 2.59. The summed E-state index contributed by atoms with van der Waals surface area (Å²) in [6.45, 7) is -0.743. The lowest BCUT2D eigenvalue weighted by molar-refractivity contribution is -0.123. The average Bonchev–Trinajstić information content (AvgIpc) is 2.89. The number of amides is 1. The maximum Gasteiger partial charge on any atom is 0.405 e. The van der Waals surface area contributed by atoms with E-state index >= 15 is 0 Å². The molecule has 0 atom stereocenters. The summed E-state index contributed by atoms with van der Waals surface area (Å²) in [7, 11) is 0. The second-order valence-corrected chi connectivity index (χ2v) is 4.23. The van der Waals surface area contributed by atoms with Crippen molar-refractivity contribution in [2.24, 2.45) is 0 Å². The van der Waals surface area contributed by atoms with Gasteiger partial charge in [0.15, 0.2) is 0 Å². The Labute approximate surface area is 113 Å². The van der Waals surface area contributed by atoms with E-state index in [1.54, 1.807) is 30.9 Å². The van der Waals surface area contributed by atoms with Gasteiger partial charge in [-0.1, -0.05) is 12.1 Å². The van der Waals surface area contributed by atoms with Crippen molar-refractivity contribution < 1.29 is 18.0 Å². The van der Waals surface area contributed by atoms with Crippen LogP contribution in [0.5, 0.6) is 0 Å². The van der Waals surface area contributed by atoms with Crippen LogP contribution >= 0.6 is 0 Å². The van der Waals surface area contributed by atoms with Crippen LogP contribution in [0.3, 0.4) is 0 Å². The van der Waals surface area contributed by atoms with Gasteiger partial charge in [0.25, 0.3) is 5.91 Å². The molecule has 7 heteroatoms. The zero-order valence-electron chi connectivity index (χ0n) is 10.4. The van der Waals surface area contributed by atoms with Crippen molar-refractivity contribution >= 4 is 5.91 Å². The van der Waals surface area contributed by atoms with Gasteiger partial charge in [0.05, 0.1) is 6.33 Å². The molecule has 106 valence electrons. The molecule has 0 unspecified atom stereocenters. The van der Waals surface area contributed by atoms with Gasteiger partial charge in [0.1, 0.15) is 6.54 Å². The van der Waals surface area contributed by atoms with E-state index < -0.39 is 18.6 Å². The van der Waals surface area contributed by atoms with Gasteiger partial charge in [-0.05, 0) is 17.7 Å². The van der Waals surface area contributed by atoms with Crippen LogP contribution < -0.4 is 5.32 Å². The van der Waals surface area contributed by atoms with E-state index in [-0.39, 0.29) is 5.56 Å². The first-order valence-electron chi connectivity index (χ1n) is 5.84. The van der Waals surface area contributed by atoms with Crippen molar-refractivity contribution in [3.8, 4) is 0 Å². The molecule has 1 aromatic carbocycles. The van der Waals surface area contributed by atoms with E-state index in [4.69, 9.17) is 0 Å². The number of nitrogens with zero attached hydrogens (tertiary/aromatic N) is 2. The van der Waals surface area contributed by atoms with Crippen LogP contribution in [-0.4, -0.2) is 28.2 Å². The number of nitrogens with one attached hydrogen (secondary N) is 1. The number of hydrogen-bond donors (Lipinski definition) is 1. The molecule has 0 radical (unpaired) electrons. The Balaban J connectivity index is 1.95. The SMILES string of the molecule is O=C(NCC(F)(F)F)c1ccc(Cn2ccnc2)cc1. The molecular formula is C13H12F3N3O. The highest BCUT2D eigenvalue weighted by molar-refractivity contribution is 5.94. The average molecular weight is 283 g/mol. The molecule has 0 aliphatic rings. The second kappa shape index (κ2) is 5.77. The van der Waals surface area contributed by atoms with Gasteiger partial charge in [-0.3, -0.25) is 4.79 Å². The predicted octanol–water partition coefficient (Wildman–Crippen LogP) is 2.22. The second-order valence-electron chi connectivity index (χ2n) is 4.23. The zero-order valence-corrected chi connectivity index (χ0v) is 10.4. The van der Waals surface area contributed by atoms with Crippen LogP contribution in [0.15, 0.2) is 43.0 Å². The monoisotopic (exact) mass is 283 g/mol. The zero-order chi connectivity index (χ0) is 14.6. The summed E-state index contributed by atoms with van der Waals surface area (Å²) in [5, 5.41) is 1.82. The molecule has 1 heterocycles. The Bertz CT molecular complexity index is 562. The Morgan fingerprint density at radius 2 is 1.95 bits per heavy atom. The molecule has 0 aliphatic heterocycles. The van der Waals surface area contributed by atoms with Crippen LogP contribution in [0.1, 0.15) is 15.9 Å². The van der Waals surface area contributed by atoms with Crippen molar-refractivity contribution in [3.63, 3.8) is 0 Å². The lowest BCUT2D eigenvalue weighted by atomic mass is 10.1. The van der Waals surface area contributed by atoms with E-state index in [1.807, 2.05) is 9.88 Å². The fourth-order valence-corrected chi connectivity index (χ4v) is 1.64. The van der Waals surface area contributed by atoms with Crippen LogP contribution in [-0.2, 0) is 6.54 Å². The summed E-state index contributed by atoms with van der Waals surface area (Å²) >= 11 is 0. The molecule has 2 aromatic rings.